The number of aromatic amines is 1. The first-order valence-corrected chi connectivity index (χ1v) is 9.31. The van der Waals surface area contributed by atoms with E-state index in [1.807, 2.05) is 47.4 Å². The van der Waals surface area contributed by atoms with Gasteiger partial charge >= 0.3 is 0 Å². The van der Waals surface area contributed by atoms with Gasteiger partial charge in [-0.1, -0.05) is 12.1 Å². The average molecular weight is 369 g/mol. The van der Waals surface area contributed by atoms with E-state index in [2.05, 4.69) is 9.97 Å². The molecule has 26 heavy (non-hydrogen) atoms. The number of ether oxygens (including phenoxy) is 2. The number of aromatic nitrogens is 2. The number of benzene rings is 2. The van der Waals surface area contributed by atoms with Crippen molar-refractivity contribution in [2.75, 3.05) is 20.0 Å². The second-order valence-corrected chi connectivity index (χ2v) is 7.06. The van der Waals surface area contributed by atoms with Gasteiger partial charge in [0.05, 0.1) is 37.6 Å². The van der Waals surface area contributed by atoms with Gasteiger partial charge < -0.3 is 19.4 Å². The minimum Gasteiger partial charge on any atom is -0.497 e. The highest BCUT2D eigenvalue weighted by atomic mass is 32.2. The second-order valence-electron chi connectivity index (χ2n) is 5.99. The van der Waals surface area contributed by atoms with Gasteiger partial charge in [-0.15, -0.1) is 11.8 Å². The third-order valence-corrected chi connectivity index (χ3v) is 5.67. The van der Waals surface area contributed by atoms with Gasteiger partial charge in [0.25, 0.3) is 0 Å². The maximum atomic E-state index is 12.5. The lowest BCUT2D eigenvalue weighted by Crippen LogP contribution is -2.28. The fraction of sp³-hybridized carbons (Fsp3) is 0.263. The van der Waals surface area contributed by atoms with Crippen LogP contribution in [0.4, 0.5) is 0 Å². The molecule has 1 unspecified atom stereocenters. The summed E-state index contributed by atoms with van der Waals surface area (Å²) < 4.78 is 10.9. The quantitative estimate of drug-likeness (QED) is 0.747. The van der Waals surface area contributed by atoms with Crippen LogP contribution in [0.1, 0.15) is 16.8 Å². The Morgan fingerprint density at radius 3 is 2.85 bits per heavy atom. The summed E-state index contributed by atoms with van der Waals surface area (Å²) in [5.74, 6) is 2.78. The van der Waals surface area contributed by atoms with Crippen LogP contribution >= 0.6 is 11.8 Å². The summed E-state index contributed by atoms with van der Waals surface area (Å²) in [6.45, 7) is 0.422. The van der Waals surface area contributed by atoms with Crippen molar-refractivity contribution in [1.82, 2.24) is 14.9 Å². The Labute approximate surface area is 155 Å². The number of methoxy groups -OCH3 is 2. The molecule has 6 nitrogen and oxygen atoms in total. The molecular weight excluding hydrogens is 350 g/mol. The number of amides is 1. The largest absolute Gasteiger partial charge is 0.497 e. The summed E-state index contributed by atoms with van der Waals surface area (Å²) >= 11 is 1.59. The summed E-state index contributed by atoms with van der Waals surface area (Å²) in [5.41, 5.74) is 2.80. The highest BCUT2D eigenvalue weighted by Gasteiger charge is 2.35. The van der Waals surface area contributed by atoms with Crippen molar-refractivity contribution in [1.29, 1.82) is 0 Å². The Kier molecular flexibility index (Phi) is 4.46. The van der Waals surface area contributed by atoms with Crippen LogP contribution in [0.25, 0.3) is 11.0 Å². The number of H-pyrrole nitrogens is 1. The molecule has 1 aliphatic heterocycles. The van der Waals surface area contributed by atoms with Crippen LogP contribution in [0.5, 0.6) is 11.5 Å². The zero-order chi connectivity index (χ0) is 18.1. The third-order valence-electron chi connectivity index (χ3n) is 4.43. The Morgan fingerprint density at radius 1 is 1.23 bits per heavy atom. The molecule has 1 aliphatic rings. The number of fused-ring (bicyclic) bond motifs is 1. The van der Waals surface area contributed by atoms with Gasteiger partial charge in [-0.3, -0.25) is 4.79 Å². The van der Waals surface area contributed by atoms with Crippen molar-refractivity contribution in [3.63, 3.8) is 0 Å². The molecular formula is C19H19N3O3S. The first kappa shape index (κ1) is 16.8. The van der Waals surface area contributed by atoms with Gasteiger partial charge in [0.15, 0.2) is 0 Å². The zero-order valence-electron chi connectivity index (χ0n) is 14.6. The van der Waals surface area contributed by atoms with Crippen molar-refractivity contribution in [3.05, 3.63) is 53.9 Å². The van der Waals surface area contributed by atoms with E-state index in [-0.39, 0.29) is 11.3 Å². The number of carbonyl (C=O) groups is 1. The van der Waals surface area contributed by atoms with Crippen molar-refractivity contribution >= 4 is 28.7 Å². The molecule has 134 valence electrons. The molecule has 0 radical (unpaired) electrons. The first-order chi connectivity index (χ1) is 12.7. The summed E-state index contributed by atoms with van der Waals surface area (Å²) in [6, 6.07) is 13.5. The van der Waals surface area contributed by atoms with Crippen LogP contribution in [0.3, 0.4) is 0 Å². The Bertz CT molecular complexity index is 923. The van der Waals surface area contributed by atoms with Crippen LogP contribution < -0.4 is 9.47 Å². The van der Waals surface area contributed by atoms with Crippen LogP contribution in [0.15, 0.2) is 42.5 Å². The van der Waals surface area contributed by atoms with Crippen LogP contribution in [-0.2, 0) is 11.3 Å². The van der Waals surface area contributed by atoms with E-state index in [9.17, 15) is 4.79 Å². The average Bonchev–Trinajstić information content (AvgIpc) is 3.24. The third kappa shape index (κ3) is 2.99. The molecule has 0 saturated carbocycles. The van der Waals surface area contributed by atoms with Crippen molar-refractivity contribution in [2.24, 2.45) is 0 Å². The molecule has 4 rings (SSSR count). The Morgan fingerprint density at radius 2 is 2.08 bits per heavy atom. The Hall–Kier alpha value is -2.67. The maximum absolute atomic E-state index is 12.5. The number of thioether (sulfide) groups is 1. The molecule has 1 atom stereocenters. The van der Waals surface area contributed by atoms with Crippen molar-refractivity contribution in [2.45, 2.75) is 11.9 Å². The van der Waals surface area contributed by atoms with E-state index in [1.165, 1.54) is 0 Å². The molecule has 1 saturated heterocycles. The minimum atomic E-state index is -0.138. The first-order valence-electron chi connectivity index (χ1n) is 8.26. The van der Waals surface area contributed by atoms with E-state index in [1.54, 1.807) is 26.0 Å². The number of hydrogen-bond acceptors (Lipinski definition) is 5. The molecule has 3 aromatic rings. The molecule has 1 N–H and O–H groups in total. The fourth-order valence-electron chi connectivity index (χ4n) is 3.16. The summed E-state index contributed by atoms with van der Waals surface area (Å²) in [6.07, 6.45) is 0. The molecule has 2 heterocycles. The highest BCUT2D eigenvalue weighted by Crippen LogP contribution is 2.44. The molecule has 1 fully saturated rings. The van der Waals surface area contributed by atoms with E-state index in [0.29, 0.717) is 12.3 Å². The molecule has 0 spiro atoms. The molecule has 7 heteroatoms. The maximum Gasteiger partial charge on any atom is 0.234 e. The van der Waals surface area contributed by atoms with Gasteiger partial charge in [0.1, 0.15) is 22.7 Å². The fourth-order valence-corrected chi connectivity index (χ4v) is 4.36. The smallest absolute Gasteiger partial charge is 0.234 e. The Balaban J connectivity index is 1.67. The molecule has 2 aromatic carbocycles. The molecule has 1 amide bonds. The highest BCUT2D eigenvalue weighted by molar-refractivity contribution is 8.00. The molecule has 1 aromatic heterocycles. The van der Waals surface area contributed by atoms with Gasteiger partial charge in [-0.25, -0.2) is 4.98 Å². The summed E-state index contributed by atoms with van der Waals surface area (Å²) in [4.78, 5) is 22.3. The minimum absolute atomic E-state index is 0.0883. The van der Waals surface area contributed by atoms with Gasteiger partial charge in [-0.2, -0.15) is 0 Å². The van der Waals surface area contributed by atoms with Crippen LogP contribution in [-0.4, -0.2) is 40.7 Å². The van der Waals surface area contributed by atoms with E-state index in [4.69, 9.17) is 9.47 Å². The number of hydrogen-bond donors (Lipinski definition) is 1. The number of rotatable bonds is 5. The van der Waals surface area contributed by atoms with Gasteiger partial charge in [0, 0.05) is 5.56 Å². The van der Waals surface area contributed by atoms with Crippen molar-refractivity contribution < 1.29 is 14.3 Å². The summed E-state index contributed by atoms with van der Waals surface area (Å²) in [7, 11) is 3.26. The normalized spacial score (nSPS) is 17.1. The van der Waals surface area contributed by atoms with Gasteiger partial charge in [-0.05, 0) is 30.3 Å². The van der Waals surface area contributed by atoms with E-state index < -0.39 is 0 Å². The van der Waals surface area contributed by atoms with Crippen molar-refractivity contribution in [3.8, 4) is 11.5 Å². The lowest BCUT2D eigenvalue weighted by molar-refractivity contribution is -0.128. The van der Waals surface area contributed by atoms with Crippen LogP contribution in [0, 0.1) is 0 Å². The lowest BCUT2D eigenvalue weighted by atomic mass is 10.1. The number of nitrogens with one attached hydrogen (secondary N) is 1. The molecule has 0 bridgehead atoms. The number of carbonyl (C=O) groups excluding carboxylic acids is 1. The monoisotopic (exact) mass is 369 g/mol. The van der Waals surface area contributed by atoms with Crippen LogP contribution in [0.2, 0.25) is 0 Å². The second kappa shape index (κ2) is 6.92. The predicted octanol–water partition coefficient (Wildman–Crippen LogP) is 3.35. The predicted molar refractivity (Wildman–Crippen MR) is 101 cm³/mol. The SMILES string of the molecule is COc1ccc(OC)c(C2SCC(=O)N2Cc2nc3ccccc3[nH]2)c1. The zero-order valence-corrected chi connectivity index (χ0v) is 15.4. The summed E-state index contributed by atoms with van der Waals surface area (Å²) in [5, 5.41) is -0.138. The lowest BCUT2D eigenvalue weighted by Gasteiger charge is -2.25. The topological polar surface area (TPSA) is 67.5 Å². The number of imidazole rings is 1. The standard InChI is InChI=1S/C19H19N3O3S/c1-24-12-7-8-16(25-2)13(9-12)19-22(18(23)11-26-19)10-17-20-14-5-3-4-6-15(14)21-17/h3-9,19H,10-11H2,1-2H3,(H,20,21). The van der Waals surface area contributed by atoms with E-state index >= 15 is 0 Å². The number of para-hydroxylation sites is 2. The number of nitrogens with zero attached hydrogens (tertiary/aromatic N) is 2. The van der Waals surface area contributed by atoms with Gasteiger partial charge in [0.2, 0.25) is 5.91 Å². The van der Waals surface area contributed by atoms with E-state index in [0.717, 1.165) is 33.9 Å². The molecule has 0 aliphatic carbocycles.